The highest BCUT2D eigenvalue weighted by molar-refractivity contribution is 9.10. The van der Waals surface area contributed by atoms with Gasteiger partial charge in [-0.25, -0.2) is 14.5 Å². The molecule has 0 atom stereocenters. The fourth-order valence-corrected chi connectivity index (χ4v) is 3.10. The van der Waals surface area contributed by atoms with Crippen molar-refractivity contribution in [2.24, 2.45) is 0 Å². The molecule has 2 amide bonds. The molecule has 1 fully saturated rings. The summed E-state index contributed by atoms with van der Waals surface area (Å²) in [5.41, 5.74) is 0.120. The van der Waals surface area contributed by atoms with E-state index in [-0.39, 0.29) is 24.5 Å². The van der Waals surface area contributed by atoms with Crippen LogP contribution < -0.4 is 0 Å². The third kappa shape index (κ3) is 3.31. The van der Waals surface area contributed by atoms with E-state index in [4.69, 9.17) is 5.11 Å². The zero-order chi connectivity index (χ0) is 14.7. The van der Waals surface area contributed by atoms with Crippen LogP contribution in [0.15, 0.2) is 27.6 Å². The second kappa shape index (κ2) is 6.27. The molecule has 1 N–H and O–H groups in total. The number of halogens is 1. The van der Waals surface area contributed by atoms with E-state index >= 15 is 0 Å². The van der Waals surface area contributed by atoms with Crippen molar-refractivity contribution in [1.82, 2.24) is 4.90 Å². The molecule has 1 heterocycles. The number of nitrogens with zero attached hydrogens (tertiary/aromatic N) is 1. The number of benzene rings is 1. The van der Waals surface area contributed by atoms with E-state index in [1.165, 1.54) is 6.07 Å². The lowest BCUT2D eigenvalue weighted by molar-refractivity contribution is -0.125. The Balaban J connectivity index is 2.07. The number of hydrogen-bond donors (Lipinski definition) is 1. The normalized spacial score (nSPS) is 14.2. The first-order chi connectivity index (χ1) is 9.49. The van der Waals surface area contributed by atoms with Gasteiger partial charge in [-0.15, -0.1) is 11.8 Å². The van der Waals surface area contributed by atoms with Crippen LogP contribution in [0.25, 0.3) is 0 Å². The van der Waals surface area contributed by atoms with Crippen LogP contribution in [0, 0.1) is 0 Å². The van der Waals surface area contributed by atoms with Crippen molar-refractivity contribution in [3.05, 3.63) is 28.2 Å². The molecule has 1 saturated heterocycles. The molecule has 1 aliphatic rings. The third-order valence-corrected chi connectivity index (χ3v) is 4.12. The zero-order valence-electron chi connectivity index (χ0n) is 10.2. The van der Waals surface area contributed by atoms with E-state index in [0.717, 1.165) is 21.1 Å². The number of carboxylic acid groups (broad SMARTS) is 1. The molecule has 106 valence electrons. The summed E-state index contributed by atoms with van der Waals surface area (Å²) in [5.74, 6) is -1.48. The zero-order valence-corrected chi connectivity index (χ0v) is 12.6. The minimum atomic E-state index is -1.06. The molecule has 0 saturated carbocycles. The summed E-state index contributed by atoms with van der Waals surface area (Å²) in [7, 11) is 0. The number of hydrogen-bond acceptors (Lipinski definition) is 5. The highest BCUT2D eigenvalue weighted by Gasteiger charge is 2.28. The Hall–Kier alpha value is -1.54. The number of imide groups is 1. The molecule has 1 aliphatic heterocycles. The Morgan fingerprint density at radius 2 is 2.20 bits per heavy atom. The van der Waals surface area contributed by atoms with E-state index in [0.29, 0.717) is 4.90 Å². The molecular formula is C12H10BrNO5S. The molecule has 8 heteroatoms. The van der Waals surface area contributed by atoms with Crippen molar-refractivity contribution < 1.29 is 24.2 Å². The summed E-state index contributed by atoms with van der Waals surface area (Å²) in [6, 6.07) is 4.71. The van der Waals surface area contributed by atoms with Crippen LogP contribution in [-0.2, 0) is 9.53 Å². The van der Waals surface area contributed by atoms with Gasteiger partial charge in [-0.1, -0.05) is 15.9 Å². The molecule has 0 spiro atoms. The highest BCUT2D eigenvalue weighted by atomic mass is 79.9. The van der Waals surface area contributed by atoms with E-state index < -0.39 is 18.0 Å². The summed E-state index contributed by atoms with van der Waals surface area (Å²) in [6.45, 7) is 0.439. The minimum absolute atomic E-state index is 0.0220. The third-order valence-electron chi connectivity index (χ3n) is 2.59. The lowest BCUT2D eigenvalue weighted by atomic mass is 10.2. The summed E-state index contributed by atoms with van der Waals surface area (Å²) in [5, 5.41) is 9.08. The maximum atomic E-state index is 11.8. The van der Waals surface area contributed by atoms with E-state index in [1.54, 1.807) is 12.1 Å². The molecule has 0 aromatic heterocycles. The summed E-state index contributed by atoms with van der Waals surface area (Å²) >= 11 is 4.33. The molecule has 1 aromatic rings. The maximum absolute atomic E-state index is 11.8. The van der Waals surface area contributed by atoms with Crippen LogP contribution in [0.1, 0.15) is 10.4 Å². The molecule has 2 rings (SSSR count). The monoisotopic (exact) mass is 359 g/mol. The first-order valence-corrected chi connectivity index (χ1v) is 7.39. The molecule has 0 bridgehead atoms. The summed E-state index contributed by atoms with van der Waals surface area (Å²) < 4.78 is 5.40. The first-order valence-electron chi connectivity index (χ1n) is 5.62. The van der Waals surface area contributed by atoms with E-state index in [9.17, 15) is 14.4 Å². The van der Waals surface area contributed by atoms with Crippen molar-refractivity contribution in [2.45, 2.75) is 4.90 Å². The molecular weight excluding hydrogens is 350 g/mol. The van der Waals surface area contributed by atoms with E-state index in [2.05, 4.69) is 20.7 Å². The van der Waals surface area contributed by atoms with Gasteiger partial charge in [0.1, 0.15) is 6.61 Å². The average Bonchev–Trinajstić information content (AvgIpc) is 2.82. The van der Waals surface area contributed by atoms with Crippen LogP contribution in [0.5, 0.6) is 0 Å². The summed E-state index contributed by atoms with van der Waals surface area (Å²) in [4.78, 5) is 35.6. The van der Waals surface area contributed by atoms with Gasteiger partial charge in [0, 0.05) is 9.37 Å². The minimum Gasteiger partial charge on any atom is -0.478 e. The molecule has 0 aliphatic carbocycles. The number of carboxylic acids is 1. The fraction of sp³-hybridized carbons (Fsp3) is 0.250. The Bertz CT molecular complexity index is 577. The number of carbonyl (C=O) groups excluding carboxylic acids is 2. The van der Waals surface area contributed by atoms with Gasteiger partial charge in [0.2, 0.25) is 5.91 Å². The lowest BCUT2D eigenvalue weighted by Crippen LogP contribution is -2.33. The van der Waals surface area contributed by atoms with Gasteiger partial charge in [-0.2, -0.15) is 0 Å². The van der Waals surface area contributed by atoms with Crippen LogP contribution in [0.4, 0.5) is 4.79 Å². The van der Waals surface area contributed by atoms with Crippen LogP contribution in [-0.4, -0.2) is 46.9 Å². The maximum Gasteiger partial charge on any atom is 0.416 e. The Kier molecular flexibility index (Phi) is 4.66. The number of ether oxygens (including phenoxy) is 1. The number of thioether (sulfide) groups is 1. The number of rotatable bonds is 4. The molecule has 1 aromatic carbocycles. The van der Waals surface area contributed by atoms with Gasteiger partial charge in [0.15, 0.2) is 0 Å². The highest BCUT2D eigenvalue weighted by Crippen LogP contribution is 2.27. The van der Waals surface area contributed by atoms with Crippen LogP contribution in [0.2, 0.25) is 0 Å². The van der Waals surface area contributed by atoms with Gasteiger partial charge in [0.05, 0.1) is 17.9 Å². The number of aromatic carboxylic acids is 1. The molecule has 20 heavy (non-hydrogen) atoms. The van der Waals surface area contributed by atoms with Crippen molar-refractivity contribution >= 4 is 45.7 Å². The van der Waals surface area contributed by atoms with E-state index in [1.807, 2.05) is 0 Å². The topological polar surface area (TPSA) is 83.9 Å². The lowest BCUT2D eigenvalue weighted by Gasteiger charge is -2.11. The SMILES string of the molecule is O=C(O)c1ccc(Br)cc1SCC(=O)N1CCOC1=O. The Morgan fingerprint density at radius 3 is 2.80 bits per heavy atom. The standard InChI is InChI=1S/C12H10BrNO5S/c13-7-1-2-8(11(16)17)9(5-7)20-6-10(15)14-3-4-19-12(14)18/h1-2,5H,3-4,6H2,(H,16,17). The quantitative estimate of drug-likeness (QED) is 0.829. The van der Waals surface area contributed by atoms with Crippen molar-refractivity contribution in [2.75, 3.05) is 18.9 Å². The molecule has 6 nitrogen and oxygen atoms in total. The predicted octanol–water partition coefficient (Wildman–Crippen LogP) is 2.22. The smallest absolute Gasteiger partial charge is 0.416 e. The van der Waals surface area contributed by atoms with Gasteiger partial charge in [-0.05, 0) is 18.2 Å². The molecule has 0 radical (unpaired) electrons. The first kappa shape index (κ1) is 14.9. The van der Waals surface area contributed by atoms with Gasteiger partial charge >= 0.3 is 12.1 Å². The summed E-state index contributed by atoms with van der Waals surface area (Å²) in [6.07, 6.45) is -0.650. The number of cyclic esters (lactones) is 1. The van der Waals surface area contributed by atoms with Gasteiger partial charge in [0.25, 0.3) is 0 Å². The predicted molar refractivity (Wildman–Crippen MR) is 74.9 cm³/mol. The van der Waals surface area contributed by atoms with Crippen molar-refractivity contribution in [3.8, 4) is 0 Å². The van der Waals surface area contributed by atoms with Crippen LogP contribution >= 0.6 is 27.7 Å². The fourth-order valence-electron chi connectivity index (χ4n) is 1.63. The number of carbonyl (C=O) groups is 3. The van der Waals surface area contributed by atoms with Crippen molar-refractivity contribution in [1.29, 1.82) is 0 Å². The second-order valence-corrected chi connectivity index (χ2v) is 5.83. The van der Waals surface area contributed by atoms with Crippen molar-refractivity contribution in [3.63, 3.8) is 0 Å². The van der Waals surface area contributed by atoms with Gasteiger partial charge < -0.3 is 9.84 Å². The number of amides is 2. The van der Waals surface area contributed by atoms with Crippen LogP contribution in [0.3, 0.4) is 0 Å². The largest absolute Gasteiger partial charge is 0.478 e. The second-order valence-electron chi connectivity index (χ2n) is 3.89. The van der Waals surface area contributed by atoms with Gasteiger partial charge in [-0.3, -0.25) is 4.79 Å². The average molecular weight is 360 g/mol. The Labute approximate surface area is 127 Å². The Morgan fingerprint density at radius 1 is 1.45 bits per heavy atom. The molecule has 0 unspecified atom stereocenters.